The monoisotopic (exact) mass is 367 g/mol. The van der Waals surface area contributed by atoms with Gasteiger partial charge in [-0.25, -0.2) is 0 Å². The summed E-state index contributed by atoms with van der Waals surface area (Å²) in [4.78, 5) is 15.6. The third-order valence-electron chi connectivity index (χ3n) is 5.82. The van der Waals surface area contributed by atoms with Gasteiger partial charge in [0, 0.05) is 25.0 Å². The Balaban J connectivity index is 1.35. The molecule has 3 nitrogen and oxygen atoms in total. The zero-order valence-corrected chi connectivity index (χ0v) is 15.9. The van der Waals surface area contributed by atoms with Crippen LogP contribution in [-0.2, 0) is 11.3 Å². The van der Waals surface area contributed by atoms with E-state index in [-0.39, 0.29) is 5.91 Å². The number of nitrogens with one attached hydrogen (secondary N) is 2. The number of thiophene rings is 1. The second kappa shape index (κ2) is 8.19. The molecule has 4 atom stereocenters. The van der Waals surface area contributed by atoms with Crippen LogP contribution in [0.15, 0.2) is 53.9 Å². The SMILES string of the molecule is O=C(/C=C/c1ccccc1)NC1C[C@H]2CCC[C@@H](C1)[NH+]2Cc1cccs1. The van der Waals surface area contributed by atoms with E-state index in [1.165, 1.54) is 24.1 Å². The van der Waals surface area contributed by atoms with E-state index in [0.717, 1.165) is 24.9 Å². The molecule has 2 aliphatic heterocycles. The lowest BCUT2D eigenvalue weighted by molar-refractivity contribution is -0.973. The number of piperidine rings is 2. The van der Waals surface area contributed by atoms with Crippen molar-refractivity contribution in [3.8, 4) is 0 Å². The van der Waals surface area contributed by atoms with Crippen molar-refractivity contribution in [2.24, 2.45) is 0 Å². The molecule has 4 rings (SSSR count). The molecule has 3 heterocycles. The van der Waals surface area contributed by atoms with Crippen LogP contribution in [0.3, 0.4) is 0 Å². The average Bonchev–Trinajstić information content (AvgIpc) is 3.15. The van der Waals surface area contributed by atoms with E-state index in [2.05, 4.69) is 22.8 Å². The summed E-state index contributed by atoms with van der Waals surface area (Å²) in [5, 5.41) is 5.44. The first-order chi connectivity index (χ1) is 12.8. The molecule has 136 valence electrons. The molecule has 1 aromatic carbocycles. The minimum Gasteiger partial charge on any atom is -0.349 e. The van der Waals surface area contributed by atoms with Crippen LogP contribution in [0.4, 0.5) is 0 Å². The van der Waals surface area contributed by atoms with Gasteiger partial charge in [0.1, 0.15) is 6.54 Å². The molecule has 1 amide bonds. The number of hydrogen-bond acceptors (Lipinski definition) is 2. The molecule has 2 aromatic rings. The standard InChI is InChI=1S/C22H26N2OS/c25-22(12-11-17-6-2-1-3-7-17)23-18-14-19-8-4-9-20(15-18)24(19)16-21-10-5-13-26-21/h1-3,5-7,10-13,18-20H,4,8-9,14-16H2,(H,23,25)/p+1/b12-11+/t18?,19-,20+. The Bertz CT molecular complexity index is 727. The molecule has 2 N–H and O–H groups in total. The van der Waals surface area contributed by atoms with Gasteiger partial charge in [-0.2, -0.15) is 0 Å². The van der Waals surface area contributed by atoms with E-state index in [1.807, 2.05) is 47.7 Å². The number of carbonyl (C=O) groups is 1. The van der Waals surface area contributed by atoms with Gasteiger partial charge in [-0.05, 0) is 42.3 Å². The fourth-order valence-electron chi connectivity index (χ4n) is 4.64. The van der Waals surface area contributed by atoms with Crippen LogP contribution >= 0.6 is 11.3 Å². The highest BCUT2D eigenvalue weighted by atomic mass is 32.1. The molecule has 0 spiro atoms. The third-order valence-corrected chi connectivity index (χ3v) is 6.70. The summed E-state index contributed by atoms with van der Waals surface area (Å²) >= 11 is 1.87. The minimum absolute atomic E-state index is 0.0404. The van der Waals surface area contributed by atoms with Crippen LogP contribution < -0.4 is 10.2 Å². The number of rotatable bonds is 5. The number of amides is 1. The lowest BCUT2D eigenvalue weighted by atomic mass is 9.81. The lowest BCUT2D eigenvalue weighted by Crippen LogP contribution is -3.20. The third kappa shape index (κ3) is 4.25. The number of quaternary nitrogens is 1. The molecular weight excluding hydrogens is 340 g/mol. The van der Waals surface area contributed by atoms with E-state index >= 15 is 0 Å². The Labute approximate surface area is 159 Å². The molecule has 2 aliphatic rings. The van der Waals surface area contributed by atoms with Crippen LogP contribution in [0.5, 0.6) is 0 Å². The minimum atomic E-state index is 0.0404. The first-order valence-electron chi connectivity index (χ1n) is 9.69. The van der Waals surface area contributed by atoms with Crippen molar-refractivity contribution in [1.82, 2.24) is 5.32 Å². The Morgan fingerprint density at radius 1 is 1.12 bits per heavy atom. The Hall–Kier alpha value is -1.91. The topological polar surface area (TPSA) is 33.5 Å². The number of carbonyl (C=O) groups excluding carboxylic acids is 1. The van der Waals surface area contributed by atoms with Gasteiger partial charge in [0.25, 0.3) is 0 Å². The first-order valence-corrected chi connectivity index (χ1v) is 10.6. The normalized spacial score (nSPS) is 28.2. The molecular formula is C22H27N2OS+. The van der Waals surface area contributed by atoms with Crippen molar-refractivity contribution < 1.29 is 9.69 Å². The molecule has 0 aliphatic carbocycles. The number of fused-ring (bicyclic) bond motifs is 2. The molecule has 0 radical (unpaired) electrons. The van der Waals surface area contributed by atoms with E-state index in [1.54, 1.807) is 11.0 Å². The van der Waals surface area contributed by atoms with Crippen molar-refractivity contribution in [3.63, 3.8) is 0 Å². The summed E-state index contributed by atoms with van der Waals surface area (Å²) in [6, 6.07) is 16.1. The second-order valence-electron chi connectivity index (χ2n) is 7.58. The van der Waals surface area contributed by atoms with Gasteiger partial charge in [0.2, 0.25) is 5.91 Å². The number of benzene rings is 1. The van der Waals surface area contributed by atoms with Gasteiger partial charge >= 0.3 is 0 Å². The summed E-state index contributed by atoms with van der Waals surface area (Å²) in [7, 11) is 0. The van der Waals surface area contributed by atoms with Crippen LogP contribution in [0, 0.1) is 0 Å². The van der Waals surface area contributed by atoms with Crippen molar-refractivity contribution in [2.75, 3.05) is 0 Å². The summed E-state index contributed by atoms with van der Waals surface area (Å²) in [5.74, 6) is 0.0404. The van der Waals surface area contributed by atoms with Gasteiger partial charge in [0.15, 0.2) is 0 Å². The quantitative estimate of drug-likeness (QED) is 0.783. The van der Waals surface area contributed by atoms with Gasteiger partial charge < -0.3 is 10.2 Å². The van der Waals surface area contributed by atoms with Crippen LogP contribution in [0.1, 0.15) is 42.5 Å². The molecule has 26 heavy (non-hydrogen) atoms. The molecule has 2 fully saturated rings. The molecule has 2 saturated heterocycles. The zero-order chi connectivity index (χ0) is 17.8. The van der Waals surface area contributed by atoms with E-state index in [0.29, 0.717) is 18.1 Å². The summed E-state index contributed by atoms with van der Waals surface area (Å²) in [6.45, 7) is 1.15. The maximum Gasteiger partial charge on any atom is 0.244 e. The van der Waals surface area contributed by atoms with Crippen molar-refractivity contribution in [1.29, 1.82) is 0 Å². The molecule has 2 unspecified atom stereocenters. The van der Waals surface area contributed by atoms with Gasteiger partial charge in [-0.15, -0.1) is 11.3 Å². The fourth-order valence-corrected chi connectivity index (χ4v) is 5.38. The highest BCUT2D eigenvalue weighted by molar-refractivity contribution is 7.09. The predicted molar refractivity (Wildman–Crippen MR) is 107 cm³/mol. The van der Waals surface area contributed by atoms with Crippen LogP contribution in [-0.4, -0.2) is 24.0 Å². The van der Waals surface area contributed by atoms with E-state index < -0.39 is 0 Å². The van der Waals surface area contributed by atoms with Gasteiger partial charge in [0.05, 0.1) is 17.0 Å². The van der Waals surface area contributed by atoms with Crippen LogP contribution in [0.2, 0.25) is 0 Å². The second-order valence-corrected chi connectivity index (χ2v) is 8.61. The highest BCUT2D eigenvalue weighted by Gasteiger charge is 2.42. The zero-order valence-electron chi connectivity index (χ0n) is 15.1. The van der Waals surface area contributed by atoms with Crippen molar-refractivity contribution in [2.45, 2.75) is 56.8 Å². The Morgan fingerprint density at radius 2 is 1.88 bits per heavy atom. The molecule has 2 bridgehead atoms. The summed E-state index contributed by atoms with van der Waals surface area (Å²) < 4.78 is 0. The Kier molecular flexibility index (Phi) is 5.51. The molecule has 1 aromatic heterocycles. The maximum atomic E-state index is 12.3. The van der Waals surface area contributed by atoms with Crippen molar-refractivity contribution >= 4 is 23.3 Å². The highest BCUT2D eigenvalue weighted by Crippen LogP contribution is 2.23. The smallest absolute Gasteiger partial charge is 0.244 e. The molecule has 0 saturated carbocycles. The molecule has 4 heteroatoms. The maximum absolute atomic E-state index is 12.3. The van der Waals surface area contributed by atoms with Gasteiger partial charge in [-0.3, -0.25) is 4.79 Å². The summed E-state index contributed by atoms with van der Waals surface area (Å²) in [5.41, 5.74) is 1.06. The lowest BCUT2D eigenvalue weighted by Gasteiger charge is -2.45. The largest absolute Gasteiger partial charge is 0.349 e. The first kappa shape index (κ1) is 17.5. The van der Waals surface area contributed by atoms with Crippen molar-refractivity contribution in [3.05, 3.63) is 64.4 Å². The van der Waals surface area contributed by atoms with E-state index in [9.17, 15) is 4.79 Å². The van der Waals surface area contributed by atoms with E-state index in [4.69, 9.17) is 0 Å². The Morgan fingerprint density at radius 3 is 2.58 bits per heavy atom. The summed E-state index contributed by atoms with van der Waals surface area (Å²) in [6.07, 6.45) is 9.73. The van der Waals surface area contributed by atoms with Gasteiger partial charge in [-0.1, -0.05) is 36.4 Å². The predicted octanol–water partition coefficient (Wildman–Crippen LogP) is 3.05. The number of hydrogen-bond donors (Lipinski definition) is 2. The van der Waals surface area contributed by atoms with Crippen LogP contribution in [0.25, 0.3) is 6.08 Å². The average molecular weight is 368 g/mol. The fraction of sp³-hybridized carbons (Fsp3) is 0.409.